The number of amides is 1. The third-order valence-corrected chi connectivity index (χ3v) is 9.18. The van der Waals surface area contributed by atoms with Crippen LogP contribution in [0.4, 0.5) is 9.18 Å². The Morgan fingerprint density at radius 1 is 1.48 bits per heavy atom. The van der Waals surface area contributed by atoms with E-state index in [-0.39, 0.29) is 24.4 Å². The number of aliphatic hydroxyl groups is 1. The summed E-state index contributed by atoms with van der Waals surface area (Å²) in [5.74, 6) is -0.917. The molecule has 1 fully saturated rings. The smallest absolute Gasteiger partial charge is 0.410 e. The molecule has 1 aromatic rings. The Bertz CT molecular complexity index is 804. The molecule has 2 atom stereocenters. The Labute approximate surface area is 165 Å². The molecule has 1 saturated carbocycles. The van der Waals surface area contributed by atoms with Crippen molar-refractivity contribution in [3.8, 4) is 0 Å². The van der Waals surface area contributed by atoms with Crippen molar-refractivity contribution < 1.29 is 28.5 Å². The molecule has 150 valence electrons. The number of carboxylic acid groups (broad SMARTS) is 1. The summed E-state index contributed by atoms with van der Waals surface area (Å²) in [5, 5.41) is 20.0. The molecule has 1 aromatic heterocycles. The lowest BCUT2D eigenvalue weighted by Gasteiger charge is -2.64. The van der Waals surface area contributed by atoms with E-state index in [1.54, 1.807) is 0 Å². The van der Waals surface area contributed by atoms with E-state index in [1.807, 2.05) is 0 Å². The molecule has 1 aliphatic carbocycles. The number of nitrogens with one attached hydrogen (secondary N) is 1. The van der Waals surface area contributed by atoms with Crippen LogP contribution in [0.2, 0.25) is 0 Å². The topological polar surface area (TPSA) is 135 Å². The fraction of sp³-hybridized carbons (Fsp3) is 0.562. The second kappa shape index (κ2) is 6.96. The quantitative estimate of drug-likeness (QED) is 0.434. The Kier molecular flexibility index (Phi) is 5.28. The van der Waals surface area contributed by atoms with Gasteiger partial charge in [-0.1, -0.05) is 0 Å². The number of aliphatic hydroxyl groups excluding tert-OH is 1. The Balaban J connectivity index is 2.27. The van der Waals surface area contributed by atoms with Crippen LogP contribution < -0.4 is 5.32 Å². The van der Waals surface area contributed by atoms with Crippen LogP contribution in [-0.2, 0) is 5.54 Å². The van der Waals surface area contributed by atoms with Gasteiger partial charge in [-0.05, 0) is 54.6 Å². The number of carbonyl (C=O) groups is 1. The van der Waals surface area contributed by atoms with Crippen LogP contribution in [0.3, 0.4) is 0 Å². The average Bonchev–Trinajstić information content (AvgIpc) is 2.51. The highest BCUT2D eigenvalue weighted by molar-refractivity contribution is 9.10. The third kappa shape index (κ3) is 3.05. The van der Waals surface area contributed by atoms with Gasteiger partial charge in [0.2, 0.25) is 5.95 Å². The zero-order valence-electron chi connectivity index (χ0n) is 14.5. The fourth-order valence-corrected chi connectivity index (χ4v) is 7.39. The second-order valence-electron chi connectivity index (χ2n) is 6.97. The first-order valence-electron chi connectivity index (χ1n) is 8.38. The summed E-state index contributed by atoms with van der Waals surface area (Å²) < 4.78 is 36.3. The van der Waals surface area contributed by atoms with E-state index in [1.165, 1.54) is 19.2 Å². The highest BCUT2D eigenvalue weighted by Crippen LogP contribution is 2.71. The number of halogens is 2. The molecular weight excluding hydrogens is 445 g/mol. The van der Waals surface area contributed by atoms with Crippen LogP contribution in [0.25, 0.3) is 0 Å². The molecule has 2 heterocycles. The lowest BCUT2D eigenvalue weighted by atomic mass is 9.80. The van der Waals surface area contributed by atoms with E-state index in [0.29, 0.717) is 23.7 Å². The summed E-state index contributed by atoms with van der Waals surface area (Å²) in [6.45, 7) is 1.15. The zero-order chi connectivity index (χ0) is 20.0. The summed E-state index contributed by atoms with van der Waals surface area (Å²) >= 11 is 3.22. The van der Waals surface area contributed by atoms with Crippen molar-refractivity contribution in [1.82, 2.24) is 10.3 Å². The van der Waals surface area contributed by atoms with Gasteiger partial charge in [-0.2, -0.15) is 15.0 Å². The van der Waals surface area contributed by atoms with Crippen molar-refractivity contribution in [2.75, 3.05) is 6.61 Å². The van der Waals surface area contributed by atoms with Gasteiger partial charge >= 0.3 is 6.09 Å². The molecule has 27 heavy (non-hydrogen) atoms. The lowest BCUT2D eigenvalue weighted by Crippen LogP contribution is -2.64. The zero-order valence-corrected chi connectivity index (χ0v) is 16.9. The van der Waals surface area contributed by atoms with Crippen LogP contribution in [0.5, 0.6) is 0 Å². The first-order chi connectivity index (χ1) is 12.6. The normalized spacial score (nSPS) is 29.6. The molecule has 3 rings (SSSR count). The van der Waals surface area contributed by atoms with Gasteiger partial charge in [0.25, 0.3) is 0 Å². The minimum absolute atomic E-state index is 0.00541. The number of aliphatic imine (C=N–C) groups is 1. The number of rotatable bonds is 3. The maximum atomic E-state index is 14.6. The van der Waals surface area contributed by atoms with E-state index in [0.717, 1.165) is 0 Å². The fourth-order valence-electron chi connectivity index (χ4n) is 3.99. The summed E-state index contributed by atoms with van der Waals surface area (Å²) in [6.07, 6.45) is 1.24. The number of amidine groups is 1. The number of nitrogens with zero attached hydrogens (tertiary/aromatic N) is 2. The molecule has 5 N–H and O–H groups in total. The van der Waals surface area contributed by atoms with Gasteiger partial charge in [-0.25, -0.2) is 9.78 Å². The summed E-state index contributed by atoms with van der Waals surface area (Å²) in [6, 6.07) is 1.43. The van der Waals surface area contributed by atoms with Crippen LogP contribution in [0.1, 0.15) is 38.2 Å². The number of pyridine rings is 1. The van der Waals surface area contributed by atoms with Gasteiger partial charge in [-0.15, -0.1) is 0 Å². The van der Waals surface area contributed by atoms with E-state index < -0.39 is 38.2 Å². The van der Waals surface area contributed by atoms with Crippen molar-refractivity contribution >= 4 is 38.4 Å². The summed E-state index contributed by atoms with van der Waals surface area (Å²) in [5.41, 5.74) is -1.53. The molecular formula is C16H21BrFN3O5S. The molecule has 1 amide bonds. The average molecular weight is 466 g/mol. The highest BCUT2D eigenvalue weighted by Gasteiger charge is 2.63. The third-order valence-electron chi connectivity index (χ3n) is 5.50. The Morgan fingerprint density at radius 3 is 2.67 bits per heavy atom. The Morgan fingerprint density at radius 2 is 2.15 bits per heavy atom. The van der Waals surface area contributed by atoms with Crippen LogP contribution in [0, 0.1) is 5.95 Å². The standard InChI is InChI=1S/C16H21BrFN3O5S/c1-15(10-7-9(17)8-19-12(10)18)11(3-6-22)27(25,26)16(4-2-5-16)13(21-15)20-14(23)24/h7-8,11,22,25-26H,2-6H2,1H3,(H,20,21)(H,23,24)/t11-,15+/m0/s1. The van der Waals surface area contributed by atoms with Gasteiger partial charge in [0.15, 0.2) is 0 Å². The summed E-state index contributed by atoms with van der Waals surface area (Å²) in [4.78, 5) is 19.5. The van der Waals surface area contributed by atoms with Crippen molar-refractivity contribution in [2.45, 2.75) is 48.1 Å². The Hall–Kier alpha value is -1.27. The second-order valence-corrected chi connectivity index (χ2v) is 10.4. The maximum absolute atomic E-state index is 14.6. The van der Waals surface area contributed by atoms with E-state index in [4.69, 9.17) is 0 Å². The molecule has 8 nitrogen and oxygen atoms in total. The van der Waals surface area contributed by atoms with Crippen molar-refractivity contribution in [1.29, 1.82) is 0 Å². The van der Waals surface area contributed by atoms with Crippen molar-refractivity contribution in [3.63, 3.8) is 0 Å². The largest absolute Gasteiger partial charge is 0.465 e. The summed E-state index contributed by atoms with van der Waals surface area (Å²) in [7, 11) is -3.50. The molecule has 0 aromatic carbocycles. The van der Waals surface area contributed by atoms with Crippen LogP contribution in [0.15, 0.2) is 21.7 Å². The first kappa shape index (κ1) is 20.5. The first-order valence-corrected chi connectivity index (χ1v) is 10.8. The van der Waals surface area contributed by atoms with Crippen LogP contribution >= 0.6 is 26.5 Å². The van der Waals surface area contributed by atoms with Crippen molar-refractivity contribution in [3.05, 3.63) is 28.2 Å². The number of hydrogen-bond acceptors (Lipinski definition) is 6. The molecule has 1 aliphatic heterocycles. The molecule has 0 saturated heterocycles. The molecule has 0 radical (unpaired) electrons. The van der Waals surface area contributed by atoms with E-state index in [9.17, 15) is 28.5 Å². The predicted octanol–water partition coefficient (Wildman–Crippen LogP) is 3.30. The maximum Gasteiger partial charge on any atom is 0.410 e. The monoisotopic (exact) mass is 465 g/mol. The predicted molar refractivity (Wildman–Crippen MR) is 103 cm³/mol. The minimum Gasteiger partial charge on any atom is -0.465 e. The molecule has 0 unspecified atom stereocenters. The van der Waals surface area contributed by atoms with Gasteiger partial charge in [0, 0.05) is 22.8 Å². The highest BCUT2D eigenvalue weighted by atomic mass is 79.9. The van der Waals surface area contributed by atoms with Crippen molar-refractivity contribution in [2.24, 2.45) is 4.99 Å². The van der Waals surface area contributed by atoms with Gasteiger partial charge < -0.3 is 10.2 Å². The molecule has 1 spiro atoms. The number of hydrogen-bond donors (Lipinski definition) is 5. The van der Waals surface area contributed by atoms with Gasteiger partial charge in [0.1, 0.15) is 16.1 Å². The molecule has 0 bridgehead atoms. The SMILES string of the molecule is C[C@]1(c2cc(Br)cnc2F)N=C(NC(=O)O)C2(CCC2)S(O)(O)[C@H]1CCO. The molecule has 11 heteroatoms. The van der Waals surface area contributed by atoms with E-state index >= 15 is 0 Å². The van der Waals surface area contributed by atoms with Gasteiger partial charge in [0.05, 0.1) is 5.25 Å². The lowest BCUT2D eigenvalue weighted by molar-refractivity contribution is 0.198. The van der Waals surface area contributed by atoms with Gasteiger partial charge in [-0.3, -0.25) is 19.4 Å². The number of aromatic nitrogens is 1. The van der Waals surface area contributed by atoms with Crippen LogP contribution in [-0.4, -0.2) is 52.8 Å². The molecule has 2 aliphatic rings. The minimum atomic E-state index is -3.50. The van der Waals surface area contributed by atoms with E-state index in [2.05, 4.69) is 31.2 Å².